The number of nitrogens with one attached hydrogen (secondary N) is 3. The molecule has 1 aromatic rings. The molecule has 0 bridgehead atoms. The number of carbonyl (C=O) groups is 2. The highest BCUT2D eigenvalue weighted by Gasteiger charge is 2.37. The van der Waals surface area contributed by atoms with Crippen LogP contribution in [0.2, 0.25) is 0 Å². The van der Waals surface area contributed by atoms with Crippen LogP contribution in [0, 0.1) is 5.41 Å². The quantitative estimate of drug-likeness (QED) is 0.601. The lowest BCUT2D eigenvalue weighted by atomic mass is 10.1. The Hall–Kier alpha value is -2.05. The van der Waals surface area contributed by atoms with Crippen molar-refractivity contribution in [1.29, 1.82) is 0 Å². The summed E-state index contributed by atoms with van der Waals surface area (Å²) in [6.07, 6.45) is 5.40. The zero-order valence-corrected chi connectivity index (χ0v) is 10.8. The average Bonchev–Trinajstić information content (AvgIpc) is 2.88. The van der Waals surface area contributed by atoms with Crippen LogP contribution in [0.5, 0.6) is 0 Å². The van der Waals surface area contributed by atoms with Crippen molar-refractivity contribution in [2.45, 2.75) is 32.2 Å². The Kier molecular flexibility index (Phi) is 3.73. The van der Waals surface area contributed by atoms with E-state index in [4.69, 9.17) is 5.11 Å². The molecular formula is C12H18N4O3. The maximum Gasteiger partial charge on any atom is 0.326 e. The van der Waals surface area contributed by atoms with Gasteiger partial charge in [-0.05, 0) is 18.3 Å². The molecule has 2 amide bonds. The Morgan fingerprint density at radius 1 is 1.58 bits per heavy atom. The van der Waals surface area contributed by atoms with Gasteiger partial charge in [0.1, 0.15) is 6.04 Å². The SMILES string of the molecule is CC1(CNC(=O)N[C@@H](Cc2cnc[nH]2)C(=O)O)CC1. The molecule has 4 N–H and O–H groups in total. The van der Waals surface area contributed by atoms with Crippen LogP contribution in [-0.4, -0.2) is 39.7 Å². The Labute approximate surface area is 110 Å². The molecule has 0 unspecified atom stereocenters. The number of aromatic nitrogens is 2. The van der Waals surface area contributed by atoms with Gasteiger partial charge in [-0.25, -0.2) is 14.6 Å². The van der Waals surface area contributed by atoms with Crippen LogP contribution < -0.4 is 10.6 Å². The number of hydrogen-bond acceptors (Lipinski definition) is 3. The van der Waals surface area contributed by atoms with E-state index in [-0.39, 0.29) is 11.8 Å². The van der Waals surface area contributed by atoms with Gasteiger partial charge < -0.3 is 20.7 Å². The van der Waals surface area contributed by atoms with E-state index in [2.05, 4.69) is 27.5 Å². The van der Waals surface area contributed by atoms with Gasteiger partial charge in [0, 0.05) is 24.9 Å². The molecule has 1 aliphatic rings. The largest absolute Gasteiger partial charge is 0.480 e. The van der Waals surface area contributed by atoms with Crippen LogP contribution in [0.25, 0.3) is 0 Å². The fraction of sp³-hybridized carbons (Fsp3) is 0.583. The van der Waals surface area contributed by atoms with Crippen molar-refractivity contribution < 1.29 is 14.7 Å². The van der Waals surface area contributed by atoms with E-state index in [1.54, 1.807) is 6.20 Å². The third kappa shape index (κ3) is 3.97. The Balaban J connectivity index is 1.82. The number of aliphatic carboxylic acids is 1. The minimum absolute atomic E-state index is 0.181. The molecule has 0 spiro atoms. The van der Waals surface area contributed by atoms with E-state index < -0.39 is 18.0 Å². The number of carboxylic acid groups (broad SMARTS) is 1. The van der Waals surface area contributed by atoms with Crippen molar-refractivity contribution in [2.24, 2.45) is 5.41 Å². The Morgan fingerprint density at radius 2 is 2.32 bits per heavy atom. The van der Waals surface area contributed by atoms with Crippen LogP contribution in [-0.2, 0) is 11.2 Å². The standard InChI is InChI=1S/C12H18N4O3/c1-12(2-3-12)6-14-11(19)16-9(10(17)18)4-8-5-13-7-15-8/h5,7,9H,2-4,6H2,1H3,(H,13,15)(H,17,18)(H2,14,16,19)/t9-/m0/s1. The molecule has 1 heterocycles. The molecule has 0 aromatic carbocycles. The third-order valence-corrected chi connectivity index (χ3v) is 3.36. The van der Waals surface area contributed by atoms with E-state index in [1.807, 2.05) is 0 Å². The predicted molar refractivity (Wildman–Crippen MR) is 67.6 cm³/mol. The van der Waals surface area contributed by atoms with E-state index >= 15 is 0 Å². The van der Waals surface area contributed by atoms with Gasteiger partial charge in [0.15, 0.2) is 0 Å². The number of carbonyl (C=O) groups excluding carboxylic acids is 1. The lowest BCUT2D eigenvalue weighted by Gasteiger charge is -2.16. The summed E-state index contributed by atoms with van der Waals surface area (Å²) in [5.41, 5.74) is 0.862. The smallest absolute Gasteiger partial charge is 0.326 e. The second-order valence-corrected chi connectivity index (χ2v) is 5.31. The Morgan fingerprint density at radius 3 is 2.84 bits per heavy atom. The van der Waals surface area contributed by atoms with E-state index in [1.165, 1.54) is 6.33 Å². The van der Waals surface area contributed by atoms with E-state index in [9.17, 15) is 9.59 Å². The van der Waals surface area contributed by atoms with Gasteiger partial charge in [-0.15, -0.1) is 0 Å². The number of nitrogens with zero attached hydrogens (tertiary/aromatic N) is 1. The lowest BCUT2D eigenvalue weighted by molar-refractivity contribution is -0.139. The molecule has 1 saturated carbocycles. The van der Waals surface area contributed by atoms with Crippen LogP contribution >= 0.6 is 0 Å². The summed E-state index contributed by atoms with van der Waals surface area (Å²) in [5, 5.41) is 14.3. The van der Waals surface area contributed by atoms with Crippen molar-refractivity contribution in [2.75, 3.05) is 6.54 Å². The van der Waals surface area contributed by atoms with Crippen LogP contribution in [0.3, 0.4) is 0 Å². The monoisotopic (exact) mass is 266 g/mol. The fourth-order valence-electron chi connectivity index (χ4n) is 1.71. The summed E-state index contributed by atoms with van der Waals surface area (Å²) < 4.78 is 0. The summed E-state index contributed by atoms with van der Waals surface area (Å²) in [7, 11) is 0. The van der Waals surface area contributed by atoms with Gasteiger partial charge in [0.25, 0.3) is 0 Å². The van der Waals surface area contributed by atoms with E-state index in [0.29, 0.717) is 12.2 Å². The summed E-state index contributed by atoms with van der Waals surface area (Å²) in [6, 6.07) is -1.41. The summed E-state index contributed by atoms with van der Waals surface area (Å²) in [5.74, 6) is -1.07. The van der Waals surface area contributed by atoms with Gasteiger partial charge in [-0.2, -0.15) is 0 Å². The molecule has 0 aliphatic heterocycles. The van der Waals surface area contributed by atoms with Crippen molar-refractivity contribution in [1.82, 2.24) is 20.6 Å². The minimum atomic E-state index is -1.07. The highest BCUT2D eigenvalue weighted by Crippen LogP contribution is 2.43. The first kappa shape index (κ1) is 13.4. The highest BCUT2D eigenvalue weighted by atomic mass is 16.4. The molecule has 2 rings (SSSR count). The molecular weight excluding hydrogens is 248 g/mol. The molecule has 7 heteroatoms. The number of amides is 2. The van der Waals surface area contributed by atoms with Crippen molar-refractivity contribution in [3.63, 3.8) is 0 Å². The van der Waals surface area contributed by atoms with Crippen molar-refractivity contribution in [3.8, 4) is 0 Å². The van der Waals surface area contributed by atoms with Crippen LogP contribution in [0.1, 0.15) is 25.5 Å². The summed E-state index contributed by atoms with van der Waals surface area (Å²) >= 11 is 0. The number of urea groups is 1. The van der Waals surface area contributed by atoms with Crippen molar-refractivity contribution in [3.05, 3.63) is 18.2 Å². The molecule has 7 nitrogen and oxygen atoms in total. The van der Waals surface area contributed by atoms with Gasteiger partial charge in [-0.1, -0.05) is 6.92 Å². The second kappa shape index (κ2) is 5.29. The maximum atomic E-state index is 11.6. The fourth-order valence-corrected chi connectivity index (χ4v) is 1.71. The number of rotatable bonds is 6. The van der Waals surface area contributed by atoms with Crippen molar-refractivity contribution >= 4 is 12.0 Å². The highest BCUT2D eigenvalue weighted by molar-refractivity contribution is 5.82. The van der Waals surface area contributed by atoms with E-state index in [0.717, 1.165) is 12.8 Å². The molecule has 1 fully saturated rings. The number of carboxylic acids is 1. The summed E-state index contributed by atoms with van der Waals surface area (Å²) in [4.78, 5) is 29.4. The average molecular weight is 266 g/mol. The first-order valence-corrected chi connectivity index (χ1v) is 6.23. The zero-order valence-electron chi connectivity index (χ0n) is 10.8. The number of H-pyrrole nitrogens is 1. The zero-order chi connectivity index (χ0) is 13.9. The van der Waals surface area contributed by atoms with Gasteiger partial charge in [0.2, 0.25) is 0 Å². The maximum absolute atomic E-state index is 11.6. The number of imidazole rings is 1. The van der Waals surface area contributed by atoms with Gasteiger partial charge in [-0.3, -0.25) is 0 Å². The number of aromatic amines is 1. The van der Waals surface area contributed by atoms with Crippen LogP contribution in [0.15, 0.2) is 12.5 Å². The topological polar surface area (TPSA) is 107 Å². The predicted octanol–water partition coefficient (Wildman–Crippen LogP) is 0.505. The Bertz CT molecular complexity index is 454. The first-order valence-electron chi connectivity index (χ1n) is 6.23. The van der Waals surface area contributed by atoms with Gasteiger partial charge in [0.05, 0.1) is 6.33 Å². The molecule has 19 heavy (non-hydrogen) atoms. The minimum Gasteiger partial charge on any atom is -0.480 e. The first-order chi connectivity index (χ1) is 8.98. The molecule has 1 aromatic heterocycles. The van der Waals surface area contributed by atoms with Gasteiger partial charge >= 0.3 is 12.0 Å². The molecule has 1 atom stereocenters. The second-order valence-electron chi connectivity index (χ2n) is 5.31. The molecule has 1 aliphatic carbocycles. The molecule has 104 valence electrons. The van der Waals surface area contributed by atoms with Crippen LogP contribution in [0.4, 0.5) is 4.79 Å². The molecule has 0 saturated heterocycles. The third-order valence-electron chi connectivity index (χ3n) is 3.36. The number of hydrogen-bond donors (Lipinski definition) is 4. The molecule has 0 radical (unpaired) electrons. The lowest BCUT2D eigenvalue weighted by Crippen LogP contribution is -2.48. The summed E-state index contributed by atoms with van der Waals surface area (Å²) in [6.45, 7) is 2.67. The normalized spacial score (nSPS) is 17.5.